The second-order valence-electron chi connectivity index (χ2n) is 6.46. The van der Waals surface area contributed by atoms with Crippen molar-refractivity contribution in [3.63, 3.8) is 0 Å². The summed E-state index contributed by atoms with van der Waals surface area (Å²) in [7, 11) is 0. The lowest BCUT2D eigenvalue weighted by molar-refractivity contribution is -0.124. The van der Waals surface area contributed by atoms with E-state index in [1.54, 1.807) is 36.4 Å². The van der Waals surface area contributed by atoms with Gasteiger partial charge in [-0.1, -0.05) is 42.9 Å². The van der Waals surface area contributed by atoms with Gasteiger partial charge in [0.25, 0.3) is 0 Å². The third-order valence-electron chi connectivity index (χ3n) is 4.53. The van der Waals surface area contributed by atoms with Gasteiger partial charge in [-0.25, -0.2) is 4.39 Å². The normalized spacial score (nSPS) is 13.7. The first-order valence-corrected chi connectivity index (χ1v) is 8.80. The van der Waals surface area contributed by atoms with E-state index in [9.17, 15) is 14.0 Å². The third-order valence-corrected chi connectivity index (χ3v) is 4.53. The molecule has 0 atom stereocenters. The van der Waals surface area contributed by atoms with Gasteiger partial charge >= 0.3 is 0 Å². The molecular weight excluding hydrogens is 329 g/mol. The van der Waals surface area contributed by atoms with Crippen molar-refractivity contribution < 1.29 is 14.0 Å². The number of hydrogen-bond acceptors (Lipinski definition) is 2. The Morgan fingerprint density at radius 2 is 1.69 bits per heavy atom. The fraction of sp³-hybridized carbons (Fsp3) is 0.273. The Balaban J connectivity index is 1.57. The van der Waals surface area contributed by atoms with Gasteiger partial charge < -0.3 is 5.32 Å². The van der Waals surface area contributed by atoms with Crippen LogP contribution in [0.4, 0.5) is 4.39 Å². The smallest absolute Gasteiger partial charge is 0.223 e. The summed E-state index contributed by atoms with van der Waals surface area (Å²) in [4.78, 5) is 24.2. The molecule has 0 bridgehead atoms. The molecule has 1 fully saturated rings. The number of rotatable bonds is 4. The quantitative estimate of drug-likeness (QED) is 0.675. The molecule has 1 aliphatic carbocycles. The van der Waals surface area contributed by atoms with Gasteiger partial charge in [0.05, 0.1) is 6.54 Å². The van der Waals surface area contributed by atoms with Crippen LogP contribution in [0.1, 0.15) is 47.2 Å². The number of hydrogen-bond donors (Lipinski definition) is 1. The van der Waals surface area contributed by atoms with E-state index in [0.717, 1.165) is 31.2 Å². The van der Waals surface area contributed by atoms with Gasteiger partial charge in [0.2, 0.25) is 5.91 Å². The average molecular weight is 349 g/mol. The molecule has 2 aromatic rings. The van der Waals surface area contributed by atoms with Gasteiger partial charge in [-0.3, -0.25) is 9.59 Å². The van der Waals surface area contributed by atoms with Crippen molar-refractivity contribution in [1.29, 1.82) is 0 Å². The lowest BCUT2D eigenvalue weighted by Gasteiger charge is -2.09. The average Bonchev–Trinajstić information content (AvgIpc) is 3.19. The van der Waals surface area contributed by atoms with Crippen LogP contribution in [0.2, 0.25) is 0 Å². The summed E-state index contributed by atoms with van der Waals surface area (Å²) in [6, 6.07) is 13.0. The number of carbonyl (C=O) groups is 2. The number of Topliss-reactive ketones (excluding diaryl/α,β-unsaturated/α-hetero) is 1. The summed E-state index contributed by atoms with van der Waals surface area (Å²) in [5.74, 6) is 5.43. The van der Waals surface area contributed by atoms with Gasteiger partial charge in [-0.2, -0.15) is 0 Å². The lowest BCUT2D eigenvalue weighted by atomic mass is 10.1. The van der Waals surface area contributed by atoms with E-state index in [0.29, 0.717) is 11.1 Å². The van der Waals surface area contributed by atoms with E-state index in [1.165, 1.54) is 12.1 Å². The Morgan fingerprint density at radius 3 is 2.38 bits per heavy atom. The predicted octanol–water partition coefficient (Wildman–Crippen LogP) is 3.71. The van der Waals surface area contributed by atoms with Crippen LogP contribution in [0.25, 0.3) is 0 Å². The molecule has 1 saturated carbocycles. The zero-order valence-electron chi connectivity index (χ0n) is 14.4. The Morgan fingerprint density at radius 1 is 1.00 bits per heavy atom. The van der Waals surface area contributed by atoms with Crippen molar-refractivity contribution in [1.82, 2.24) is 5.32 Å². The van der Waals surface area contributed by atoms with Gasteiger partial charge in [0, 0.05) is 22.6 Å². The fourth-order valence-electron chi connectivity index (χ4n) is 3.05. The van der Waals surface area contributed by atoms with Crippen LogP contribution in [0.5, 0.6) is 0 Å². The minimum atomic E-state index is -0.322. The van der Waals surface area contributed by atoms with Crippen molar-refractivity contribution in [2.24, 2.45) is 5.92 Å². The van der Waals surface area contributed by atoms with Gasteiger partial charge in [-0.05, 0) is 43.2 Å². The van der Waals surface area contributed by atoms with Crippen molar-refractivity contribution >= 4 is 11.7 Å². The summed E-state index contributed by atoms with van der Waals surface area (Å²) in [5, 5.41) is 2.74. The SMILES string of the molecule is O=C(CNC(=O)C1CCCC1)c1ccc(C#Cc2cccc(F)c2)cc1. The van der Waals surface area contributed by atoms with Crippen LogP contribution >= 0.6 is 0 Å². The maximum Gasteiger partial charge on any atom is 0.223 e. The Kier molecular flexibility index (Phi) is 5.80. The Labute approximate surface area is 152 Å². The van der Waals surface area contributed by atoms with Crippen molar-refractivity contribution in [2.75, 3.05) is 6.54 Å². The molecule has 0 unspecified atom stereocenters. The number of amides is 1. The number of benzene rings is 2. The molecule has 0 spiro atoms. The summed E-state index contributed by atoms with van der Waals surface area (Å²) < 4.78 is 13.1. The molecule has 3 rings (SSSR count). The molecule has 0 saturated heterocycles. The Bertz CT molecular complexity index is 856. The van der Waals surface area contributed by atoms with Crippen LogP contribution in [0.3, 0.4) is 0 Å². The molecule has 0 radical (unpaired) electrons. The molecule has 4 heteroatoms. The molecular formula is C22H20FNO2. The molecule has 1 aliphatic rings. The first-order valence-electron chi connectivity index (χ1n) is 8.80. The topological polar surface area (TPSA) is 46.2 Å². The highest BCUT2D eigenvalue weighted by molar-refractivity contribution is 5.99. The molecule has 1 amide bonds. The van der Waals surface area contributed by atoms with Crippen LogP contribution in [0.15, 0.2) is 48.5 Å². The minimum Gasteiger partial charge on any atom is -0.348 e. The molecule has 26 heavy (non-hydrogen) atoms. The summed E-state index contributed by atoms with van der Waals surface area (Å²) in [5.41, 5.74) is 1.87. The van der Waals surface area contributed by atoms with Crippen LogP contribution < -0.4 is 5.32 Å². The van der Waals surface area contributed by atoms with E-state index in [2.05, 4.69) is 17.2 Å². The Hall–Kier alpha value is -2.93. The van der Waals surface area contributed by atoms with Gasteiger partial charge in [-0.15, -0.1) is 0 Å². The van der Waals surface area contributed by atoms with E-state index in [4.69, 9.17) is 0 Å². The zero-order chi connectivity index (χ0) is 18.4. The summed E-state index contributed by atoms with van der Waals surface area (Å²) in [6.07, 6.45) is 4.01. The highest BCUT2D eigenvalue weighted by atomic mass is 19.1. The molecule has 3 nitrogen and oxygen atoms in total. The van der Waals surface area contributed by atoms with Gasteiger partial charge in [0.1, 0.15) is 5.82 Å². The first-order chi connectivity index (χ1) is 12.6. The minimum absolute atomic E-state index is 0.0175. The zero-order valence-corrected chi connectivity index (χ0v) is 14.4. The van der Waals surface area contributed by atoms with Crippen LogP contribution in [-0.4, -0.2) is 18.2 Å². The standard InChI is InChI=1S/C22H20FNO2/c23-20-7-3-4-17(14-20)9-8-16-10-12-18(13-11-16)21(25)15-24-22(26)19-5-1-2-6-19/h3-4,7,10-14,19H,1-2,5-6,15H2,(H,24,26). The summed E-state index contributed by atoms with van der Waals surface area (Å²) in [6.45, 7) is 0.0175. The number of carbonyl (C=O) groups excluding carboxylic acids is 2. The number of nitrogens with one attached hydrogen (secondary N) is 1. The van der Waals surface area contributed by atoms with E-state index < -0.39 is 0 Å². The maximum atomic E-state index is 13.1. The van der Waals surface area contributed by atoms with Gasteiger partial charge in [0.15, 0.2) is 5.78 Å². The first kappa shape index (κ1) is 17.9. The fourth-order valence-corrected chi connectivity index (χ4v) is 3.05. The lowest BCUT2D eigenvalue weighted by Crippen LogP contribution is -2.33. The molecule has 2 aromatic carbocycles. The molecule has 0 heterocycles. The largest absolute Gasteiger partial charge is 0.348 e. The number of halogens is 1. The van der Waals surface area contributed by atoms with Crippen molar-refractivity contribution in [3.05, 3.63) is 71.0 Å². The molecule has 132 valence electrons. The molecule has 0 aliphatic heterocycles. The molecule has 0 aromatic heterocycles. The monoisotopic (exact) mass is 349 g/mol. The van der Waals surface area contributed by atoms with Crippen LogP contribution in [-0.2, 0) is 4.79 Å². The van der Waals surface area contributed by atoms with Crippen LogP contribution in [0, 0.1) is 23.6 Å². The van der Waals surface area contributed by atoms with E-state index in [1.807, 2.05) is 0 Å². The second kappa shape index (κ2) is 8.44. The van der Waals surface area contributed by atoms with Crippen molar-refractivity contribution in [2.45, 2.75) is 25.7 Å². The van der Waals surface area contributed by atoms with E-state index >= 15 is 0 Å². The molecule has 1 N–H and O–H groups in total. The van der Waals surface area contributed by atoms with Crippen molar-refractivity contribution in [3.8, 4) is 11.8 Å². The van der Waals surface area contributed by atoms with E-state index in [-0.39, 0.29) is 30.0 Å². The highest BCUT2D eigenvalue weighted by Gasteiger charge is 2.22. The predicted molar refractivity (Wildman–Crippen MR) is 98.1 cm³/mol. The third kappa shape index (κ3) is 4.80. The number of ketones is 1. The summed E-state index contributed by atoms with van der Waals surface area (Å²) >= 11 is 0. The maximum absolute atomic E-state index is 13.1. The second-order valence-corrected chi connectivity index (χ2v) is 6.46. The highest BCUT2D eigenvalue weighted by Crippen LogP contribution is 2.24.